The molecule has 2 aromatic rings. The van der Waals surface area contributed by atoms with E-state index in [9.17, 15) is 23.1 Å². The summed E-state index contributed by atoms with van der Waals surface area (Å²) in [7, 11) is 0. The minimum atomic E-state index is -4.36. The van der Waals surface area contributed by atoms with Gasteiger partial charge in [-0.15, -0.1) is 11.3 Å². The molecule has 0 saturated carbocycles. The molecule has 0 aliphatic carbocycles. The first-order chi connectivity index (χ1) is 10.3. The monoisotopic (exact) mass is 333 g/mol. The van der Waals surface area contributed by atoms with Gasteiger partial charge in [0.15, 0.2) is 0 Å². The molecule has 4 nitrogen and oxygen atoms in total. The zero-order chi connectivity index (χ0) is 16.2. The Morgan fingerprint density at radius 2 is 2.23 bits per heavy atom. The Balaban J connectivity index is 1.82. The van der Waals surface area contributed by atoms with E-state index >= 15 is 0 Å². The Hall–Kier alpha value is -1.80. The van der Waals surface area contributed by atoms with E-state index in [2.05, 4.69) is 5.32 Å². The van der Waals surface area contributed by atoms with Crippen LogP contribution in [0.4, 0.5) is 13.2 Å². The second kappa shape index (κ2) is 6.97. The number of carbonyl (C=O) groups excluding carboxylic acids is 1. The van der Waals surface area contributed by atoms with Gasteiger partial charge >= 0.3 is 6.18 Å². The summed E-state index contributed by atoms with van der Waals surface area (Å²) in [6.45, 7) is -0.130. The van der Waals surface area contributed by atoms with Crippen molar-refractivity contribution in [1.29, 1.82) is 0 Å². The van der Waals surface area contributed by atoms with Crippen LogP contribution in [0, 0.1) is 0 Å². The van der Waals surface area contributed by atoms with Crippen LogP contribution in [-0.4, -0.2) is 23.7 Å². The van der Waals surface area contributed by atoms with Gasteiger partial charge in [0.25, 0.3) is 0 Å². The number of alkyl halides is 3. The van der Waals surface area contributed by atoms with Gasteiger partial charge in [0.1, 0.15) is 11.9 Å². The molecule has 0 spiro atoms. The van der Waals surface area contributed by atoms with Gasteiger partial charge in [-0.1, -0.05) is 0 Å². The van der Waals surface area contributed by atoms with Crippen LogP contribution in [0.1, 0.15) is 23.8 Å². The van der Waals surface area contributed by atoms with E-state index in [1.165, 1.54) is 17.6 Å². The Bertz CT molecular complexity index is 607. The minimum absolute atomic E-state index is 0.130. The van der Waals surface area contributed by atoms with Gasteiger partial charge in [-0.3, -0.25) is 4.79 Å². The second-order valence-electron chi connectivity index (χ2n) is 4.65. The number of hydrogen-bond donors (Lipinski definition) is 2. The number of furan rings is 1. The number of hydrogen-bond acceptors (Lipinski definition) is 4. The van der Waals surface area contributed by atoms with Gasteiger partial charge in [0, 0.05) is 28.8 Å². The van der Waals surface area contributed by atoms with E-state index in [0.717, 1.165) is 5.56 Å². The van der Waals surface area contributed by atoms with E-state index in [1.807, 2.05) is 0 Å². The van der Waals surface area contributed by atoms with Crippen molar-refractivity contribution < 1.29 is 27.5 Å². The third kappa shape index (κ3) is 4.88. The zero-order valence-electron chi connectivity index (χ0n) is 11.4. The Labute approximate surface area is 128 Å². The summed E-state index contributed by atoms with van der Waals surface area (Å²) in [6.07, 6.45) is -5.61. The lowest BCUT2D eigenvalue weighted by Crippen LogP contribution is -2.29. The van der Waals surface area contributed by atoms with Crippen molar-refractivity contribution in [2.24, 2.45) is 0 Å². The third-order valence-electron chi connectivity index (χ3n) is 2.88. The molecular formula is C14H14F3NO3S. The first-order valence-electron chi connectivity index (χ1n) is 6.49. The topological polar surface area (TPSA) is 62.5 Å². The van der Waals surface area contributed by atoms with Crippen molar-refractivity contribution >= 4 is 17.2 Å². The van der Waals surface area contributed by atoms with Crippen LogP contribution < -0.4 is 5.32 Å². The molecule has 22 heavy (non-hydrogen) atoms. The molecule has 120 valence electrons. The highest BCUT2D eigenvalue weighted by Crippen LogP contribution is 2.29. The van der Waals surface area contributed by atoms with Crippen molar-refractivity contribution in [1.82, 2.24) is 5.32 Å². The molecule has 0 bridgehead atoms. The number of thiophene rings is 1. The normalized spacial score (nSPS) is 13.1. The molecular weight excluding hydrogens is 319 g/mol. The maximum atomic E-state index is 12.0. The summed E-state index contributed by atoms with van der Waals surface area (Å²) in [5, 5.41) is 14.0. The van der Waals surface area contributed by atoms with Crippen molar-refractivity contribution in [2.75, 3.05) is 6.54 Å². The first-order valence-corrected chi connectivity index (χ1v) is 7.37. The van der Waals surface area contributed by atoms with Crippen LogP contribution in [-0.2, 0) is 4.79 Å². The lowest BCUT2D eigenvalue weighted by atomic mass is 10.2. The van der Waals surface area contributed by atoms with Gasteiger partial charge < -0.3 is 14.8 Å². The molecule has 2 heterocycles. The number of nitrogens with one attached hydrogen (secondary N) is 1. The maximum Gasteiger partial charge on any atom is 0.389 e. The summed E-state index contributed by atoms with van der Waals surface area (Å²) >= 11 is 1.28. The first kappa shape index (κ1) is 16.6. The van der Waals surface area contributed by atoms with Gasteiger partial charge in [-0.05, 0) is 18.2 Å². The minimum Gasteiger partial charge on any atom is -0.464 e. The lowest BCUT2D eigenvalue weighted by Gasteiger charge is -2.11. The summed E-state index contributed by atoms with van der Waals surface area (Å²) in [6, 6.07) is 5.23. The SMILES string of the molecule is O=C(CCC(F)(F)F)NCC(O)c1cc(-c2ccco2)cs1. The molecule has 2 N–H and O–H groups in total. The van der Waals surface area contributed by atoms with E-state index in [0.29, 0.717) is 10.6 Å². The van der Waals surface area contributed by atoms with Gasteiger partial charge in [-0.25, -0.2) is 0 Å². The summed E-state index contributed by atoms with van der Waals surface area (Å²) < 4.78 is 41.2. The second-order valence-corrected chi connectivity index (χ2v) is 5.59. The lowest BCUT2D eigenvalue weighted by molar-refractivity contribution is -0.144. The van der Waals surface area contributed by atoms with Crippen molar-refractivity contribution in [3.8, 4) is 11.3 Å². The average molecular weight is 333 g/mol. The average Bonchev–Trinajstić information content (AvgIpc) is 3.11. The summed E-state index contributed by atoms with van der Waals surface area (Å²) in [5.74, 6) is -0.0805. The standard InChI is InChI=1S/C14H14F3NO3S/c15-14(16,17)4-3-13(20)18-7-10(19)12-6-9(8-22-12)11-2-1-5-21-11/h1-2,5-6,8,10,19H,3-4,7H2,(H,18,20). The van der Waals surface area contributed by atoms with Crippen molar-refractivity contribution in [3.05, 3.63) is 34.7 Å². The molecule has 0 aliphatic rings. The fraction of sp³-hybridized carbons (Fsp3) is 0.357. The molecule has 0 saturated heterocycles. The third-order valence-corrected chi connectivity index (χ3v) is 3.92. The maximum absolute atomic E-state index is 12.0. The Morgan fingerprint density at radius 3 is 2.86 bits per heavy atom. The van der Waals surface area contributed by atoms with Crippen LogP contribution in [0.25, 0.3) is 11.3 Å². The number of halogens is 3. The Morgan fingerprint density at radius 1 is 1.45 bits per heavy atom. The number of carbonyl (C=O) groups is 1. The predicted molar refractivity (Wildman–Crippen MR) is 75.3 cm³/mol. The van der Waals surface area contributed by atoms with Gasteiger partial charge in [-0.2, -0.15) is 13.2 Å². The smallest absolute Gasteiger partial charge is 0.389 e. The van der Waals surface area contributed by atoms with Crippen LogP contribution in [0.15, 0.2) is 34.3 Å². The number of aliphatic hydroxyl groups excluding tert-OH is 1. The molecule has 8 heteroatoms. The largest absolute Gasteiger partial charge is 0.464 e. The van der Waals surface area contributed by atoms with Crippen LogP contribution in [0.2, 0.25) is 0 Å². The highest BCUT2D eigenvalue weighted by molar-refractivity contribution is 7.10. The molecule has 0 fully saturated rings. The van der Waals surface area contributed by atoms with Crippen LogP contribution >= 0.6 is 11.3 Å². The van der Waals surface area contributed by atoms with Crippen molar-refractivity contribution in [2.45, 2.75) is 25.1 Å². The number of aliphatic hydroxyl groups is 1. The van der Waals surface area contributed by atoms with E-state index in [4.69, 9.17) is 4.42 Å². The molecule has 0 aromatic carbocycles. The molecule has 0 aliphatic heterocycles. The Kier molecular flexibility index (Phi) is 5.25. The van der Waals surface area contributed by atoms with Gasteiger partial charge in [0.05, 0.1) is 12.7 Å². The fourth-order valence-electron chi connectivity index (χ4n) is 1.75. The molecule has 2 aromatic heterocycles. The quantitative estimate of drug-likeness (QED) is 0.850. The molecule has 2 rings (SSSR count). The summed E-state index contributed by atoms with van der Waals surface area (Å²) in [4.78, 5) is 11.9. The summed E-state index contributed by atoms with van der Waals surface area (Å²) in [5.41, 5.74) is 0.799. The van der Waals surface area contributed by atoms with Crippen molar-refractivity contribution in [3.63, 3.8) is 0 Å². The zero-order valence-corrected chi connectivity index (χ0v) is 12.2. The molecule has 1 unspecified atom stereocenters. The van der Waals surface area contributed by atoms with Gasteiger partial charge in [0.2, 0.25) is 5.91 Å². The number of amides is 1. The van der Waals surface area contributed by atoms with E-state index in [-0.39, 0.29) is 6.54 Å². The highest BCUT2D eigenvalue weighted by Gasteiger charge is 2.28. The fourth-order valence-corrected chi connectivity index (χ4v) is 2.64. The predicted octanol–water partition coefficient (Wildman–Crippen LogP) is 3.50. The highest BCUT2D eigenvalue weighted by atomic mass is 32.1. The molecule has 1 atom stereocenters. The van der Waals surface area contributed by atoms with Crippen LogP contribution in [0.3, 0.4) is 0 Å². The van der Waals surface area contributed by atoms with E-state index in [1.54, 1.807) is 23.6 Å². The van der Waals surface area contributed by atoms with E-state index < -0.39 is 31.0 Å². The van der Waals surface area contributed by atoms with Crippen LogP contribution in [0.5, 0.6) is 0 Å². The molecule has 1 amide bonds. The molecule has 0 radical (unpaired) electrons. The number of rotatable bonds is 6.